The van der Waals surface area contributed by atoms with Crippen molar-refractivity contribution in [3.63, 3.8) is 0 Å². The fraction of sp³-hybridized carbons (Fsp3) is 0.444. The fourth-order valence-corrected chi connectivity index (χ4v) is 5.37. The van der Waals surface area contributed by atoms with Crippen LogP contribution in [0.2, 0.25) is 13.1 Å². The molecule has 0 heterocycles. The summed E-state index contributed by atoms with van der Waals surface area (Å²) in [6.07, 6.45) is 2.38. The second kappa shape index (κ2) is 5.34. The minimum Gasteiger partial charge on any atom is -0.389 e. The topological polar surface area (TPSA) is 20.2 Å². The molecule has 1 saturated carbocycles. The van der Waals surface area contributed by atoms with E-state index in [1.807, 2.05) is 6.07 Å². The van der Waals surface area contributed by atoms with Crippen LogP contribution in [0.15, 0.2) is 54.3 Å². The summed E-state index contributed by atoms with van der Waals surface area (Å²) in [7, 11) is -1.73. The van der Waals surface area contributed by atoms with Crippen molar-refractivity contribution >= 4 is 13.3 Å². The second-order valence-electron chi connectivity index (χ2n) is 6.91. The van der Waals surface area contributed by atoms with Crippen molar-refractivity contribution in [3.05, 3.63) is 54.3 Å². The van der Waals surface area contributed by atoms with E-state index in [0.717, 1.165) is 12.8 Å². The third kappa shape index (κ3) is 2.81. The van der Waals surface area contributed by atoms with Gasteiger partial charge in [-0.25, -0.2) is 0 Å². The minimum absolute atomic E-state index is 0.285. The Morgan fingerprint density at radius 3 is 2.45 bits per heavy atom. The highest BCUT2D eigenvalue weighted by Gasteiger charge is 2.42. The molecule has 0 aliphatic heterocycles. The van der Waals surface area contributed by atoms with E-state index in [4.69, 9.17) is 0 Å². The highest BCUT2D eigenvalue weighted by molar-refractivity contribution is 6.95. The van der Waals surface area contributed by atoms with E-state index >= 15 is 0 Å². The zero-order chi connectivity index (χ0) is 15.0. The molecule has 0 unspecified atom stereocenters. The maximum Gasteiger partial charge on any atom is 0.106 e. The Kier molecular flexibility index (Phi) is 4.08. The van der Waals surface area contributed by atoms with Gasteiger partial charge in [0.25, 0.3) is 0 Å². The van der Waals surface area contributed by atoms with E-state index in [9.17, 15) is 5.11 Å². The summed E-state index contributed by atoms with van der Waals surface area (Å²) >= 11 is 0. The van der Waals surface area contributed by atoms with Gasteiger partial charge in [0.05, 0.1) is 5.60 Å². The third-order valence-electron chi connectivity index (χ3n) is 4.97. The lowest BCUT2D eigenvalue weighted by atomic mass is 9.89. The van der Waals surface area contributed by atoms with Gasteiger partial charge in [0, 0.05) is 0 Å². The van der Waals surface area contributed by atoms with Gasteiger partial charge in [0.2, 0.25) is 0 Å². The lowest BCUT2D eigenvalue weighted by Gasteiger charge is -2.34. The number of rotatable bonds is 4. The first-order valence-electron chi connectivity index (χ1n) is 7.38. The standard InChI is InChI=1S/C18H26OSi/c1-14-11-15(2)18(19,12-14)13-16(3)20(4,5)17-9-7-6-8-10-17/h6-10,15,19H,1,3,11-13H2,2,4-5H3/t15-,18+/m0/s1. The molecule has 0 saturated heterocycles. The lowest BCUT2D eigenvalue weighted by molar-refractivity contribution is 0.0126. The quantitative estimate of drug-likeness (QED) is 0.659. The maximum atomic E-state index is 10.9. The van der Waals surface area contributed by atoms with Crippen LogP contribution in [-0.2, 0) is 0 Å². The zero-order valence-electron chi connectivity index (χ0n) is 12.9. The molecule has 20 heavy (non-hydrogen) atoms. The molecule has 1 aromatic carbocycles. The molecule has 1 aromatic rings. The number of hydrogen-bond donors (Lipinski definition) is 1. The SMILES string of the molecule is C=C1C[C@H](C)[C@](O)(CC(=C)[Si](C)(C)c2ccccc2)C1. The van der Waals surface area contributed by atoms with Gasteiger partial charge in [-0.05, 0) is 25.2 Å². The summed E-state index contributed by atoms with van der Waals surface area (Å²) in [6, 6.07) is 10.6. The largest absolute Gasteiger partial charge is 0.389 e. The average molecular weight is 286 g/mol. The molecule has 2 rings (SSSR count). The van der Waals surface area contributed by atoms with Crippen LogP contribution in [0.3, 0.4) is 0 Å². The van der Waals surface area contributed by atoms with Crippen molar-refractivity contribution in [2.45, 2.75) is 44.9 Å². The van der Waals surface area contributed by atoms with Crippen molar-refractivity contribution in [2.24, 2.45) is 5.92 Å². The summed E-state index contributed by atoms with van der Waals surface area (Å²) in [6.45, 7) is 15.2. The van der Waals surface area contributed by atoms with E-state index in [1.54, 1.807) is 0 Å². The first kappa shape index (κ1) is 15.3. The second-order valence-corrected chi connectivity index (χ2v) is 11.4. The van der Waals surface area contributed by atoms with Gasteiger partial charge < -0.3 is 5.11 Å². The summed E-state index contributed by atoms with van der Waals surface area (Å²) in [5.41, 5.74) is 0.541. The first-order chi connectivity index (χ1) is 9.25. The van der Waals surface area contributed by atoms with Crippen LogP contribution in [0.1, 0.15) is 26.2 Å². The molecule has 2 heteroatoms. The highest BCUT2D eigenvalue weighted by Crippen LogP contribution is 2.43. The third-order valence-corrected chi connectivity index (χ3v) is 8.69. The van der Waals surface area contributed by atoms with Crippen LogP contribution in [-0.4, -0.2) is 18.8 Å². The Bertz CT molecular complexity index is 517. The molecule has 1 aliphatic rings. The highest BCUT2D eigenvalue weighted by atomic mass is 28.3. The number of aliphatic hydroxyl groups is 1. The van der Waals surface area contributed by atoms with E-state index < -0.39 is 13.7 Å². The Balaban J connectivity index is 2.18. The first-order valence-corrected chi connectivity index (χ1v) is 10.4. The van der Waals surface area contributed by atoms with E-state index in [0.29, 0.717) is 6.42 Å². The predicted molar refractivity (Wildman–Crippen MR) is 89.8 cm³/mol. The molecule has 1 fully saturated rings. The molecule has 108 valence electrons. The van der Waals surface area contributed by atoms with Crippen molar-refractivity contribution in [1.82, 2.24) is 0 Å². The zero-order valence-corrected chi connectivity index (χ0v) is 13.9. The molecule has 2 atom stereocenters. The summed E-state index contributed by atoms with van der Waals surface area (Å²) < 4.78 is 0. The smallest absolute Gasteiger partial charge is 0.106 e. The van der Waals surface area contributed by atoms with Crippen LogP contribution in [0.25, 0.3) is 0 Å². The van der Waals surface area contributed by atoms with Gasteiger partial charge >= 0.3 is 0 Å². The molecular formula is C18H26OSi. The van der Waals surface area contributed by atoms with Crippen molar-refractivity contribution in [3.8, 4) is 0 Å². The molecule has 0 bridgehead atoms. The Labute approximate surface area is 124 Å². The van der Waals surface area contributed by atoms with Crippen molar-refractivity contribution in [1.29, 1.82) is 0 Å². The van der Waals surface area contributed by atoms with Gasteiger partial charge in [-0.15, -0.1) is 6.58 Å². The van der Waals surface area contributed by atoms with E-state index in [1.165, 1.54) is 16.0 Å². The molecule has 0 amide bonds. The van der Waals surface area contributed by atoms with Crippen LogP contribution in [0.5, 0.6) is 0 Å². The summed E-state index contributed by atoms with van der Waals surface area (Å²) in [4.78, 5) is 0. The normalized spacial score (nSPS) is 26.8. The lowest BCUT2D eigenvalue weighted by Crippen LogP contribution is -2.46. The van der Waals surface area contributed by atoms with E-state index in [-0.39, 0.29) is 5.92 Å². The van der Waals surface area contributed by atoms with Crippen molar-refractivity contribution in [2.75, 3.05) is 0 Å². The Morgan fingerprint density at radius 2 is 1.95 bits per heavy atom. The number of benzene rings is 1. The van der Waals surface area contributed by atoms with Crippen LogP contribution in [0.4, 0.5) is 0 Å². The van der Waals surface area contributed by atoms with Gasteiger partial charge in [-0.1, -0.05) is 72.9 Å². The molecular weight excluding hydrogens is 260 g/mol. The molecule has 1 nitrogen and oxygen atoms in total. The van der Waals surface area contributed by atoms with Crippen LogP contribution < -0.4 is 5.19 Å². The maximum absolute atomic E-state index is 10.9. The predicted octanol–water partition coefficient (Wildman–Crippen LogP) is 3.80. The molecule has 0 aromatic heterocycles. The molecule has 1 aliphatic carbocycles. The summed E-state index contributed by atoms with van der Waals surface area (Å²) in [5, 5.41) is 13.5. The van der Waals surface area contributed by atoms with Crippen molar-refractivity contribution < 1.29 is 5.11 Å². The molecule has 0 radical (unpaired) electrons. The van der Waals surface area contributed by atoms with Gasteiger partial charge in [-0.3, -0.25) is 0 Å². The molecule has 0 spiro atoms. The molecule has 1 N–H and O–H groups in total. The van der Waals surface area contributed by atoms with Crippen LogP contribution >= 0.6 is 0 Å². The Hall–Kier alpha value is -1.12. The monoisotopic (exact) mass is 286 g/mol. The van der Waals surface area contributed by atoms with Gasteiger partial charge in [-0.2, -0.15) is 0 Å². The average Bonchev–Trinajstić information content (AvgIpc) is 2.63. The fourth-order valence-electron chi connectivity index (χ4n) is 3.19. The van der Waals surface area contributed by atoms with Gasteiger partial charge in [0.1, 0.15) is 8.07 Å². The van der Waals surface area contributed by atoms with Crippen LogP contribution in [0, 0.1) is 5.92 Å². The Morgan fingerprint density at radius 1 is 1.35 bits per heavy atom. The van der Waals surface area contributed by atoms with E-state index in [2.05, 4.69) is 57.4 Å². The minimum atomic E-state index is -1.73. The summed E-state index contributed by atoms with van der Waals surface area (Å²) in [5.74, 6) is 0.285. The van der Waals surface area contributed by atoms with Gasteiger partial charge in [0.15, 0.2) is 0 Å². The number of hydrogen-bond acceptors (Lipinski definition) is 1.